The van der Waals surface area contributed by atoms with Crippen LogP contribution in [0, 0.1) is 0 Å². The number of imidazole rings is 1. The molecule has 0 aliphatic carbocycles. The van der Waals surface area contributed by atoms with E-state index in [-0.39, 0.29) is 5.69 Å². The fraction of sp³-hybridized carbons (Fsp3) is 0. The molecular formula is C7H5N3O2. The second kappa shape index (κ2) is 2.30. The Morgan fingerprint density at radius 1 is 1.50 bits per heavy atom. The van der Waals surface area contributed by atoms with Crippen LogP contribution < -0.4 is 0 Å². The van der Waals surface area contributed by atoms with Crippen molar-refractivity contribution in [1.29, 1.82) is 0 Å². The summed E-state index contributed by atoms with van der Waals surface area (Å²) in [5, 5.41) is 8.58. The van der Waals surface area contributed by atoms with Crippen LogP contribution >= 0.6 is 0 Å². The summed E-state index contributed by atoms with van der Waals surface area (Å²) in [6.07, 6.45) is 2.92. The fourth-order valence-electron chi connectivity index (χ4n) is 0.955. The van der Waals surface area contributed by atoms with E-state index in [2.05, 4.69) is 15.0 Å². The summed E-state index contributed by atoms with van der Waals surface area (Å²) >= 11 is 0. The molecule has 0 amide bonds. The average Bonchev–Trinajstić information content (AvgIpc) is 2.49. The van der Waals surface area contributed by atoms with Crippen LogP contribution in [0.25, 0.3) is 11.0 Å². The maximum Gasteiger partial charge on any atom is 0.354 e. The molecule has 0 aliphatic rings. The number of nitrogens with one attached hydrogen (secondary N) is 1. The van der Waals surface area contributed by atoms with Crippen LogP contribution in [-0.4, -0.2) is 26.0 Å². The summed E-state index contributed by atoms with van der Waals surface area (Å²) in [6.45, 7) is 0. The third-order valence-corrected chi connectivity index (χ3v) is 1.53. The number of fused-ring (bicyclic) bond motifs is 1. The molecule has 0 atom stereocenters. The first-order chi connectivity index (χ1) is 5.77. The number of hydrogen-bond acceptors (Lipinski definition) is 3. The molecule has 0 bridgehead atoms. The maximum absolute atomic E-state index is 10.5. The van der Waals surface area contributed by atoms with Gasteiger partial charge < -0.3 is 10.1 Å². The summed E-state index contributed by atoms with van der Waals surface area (Å²) < 4.78 is 0. The van der Waals surface area contributed by atoms with E-state index in [0.717, 1.165) is 0 Å². The van der Waals surface area contributed by atoms with Gasteiger partial charge in [0.1, 0.15) is 11.2 Å². The van der Waals surface area contributed by atoms with Crippen molar-refractivity contribution in [1.82, 2.24) is 15.0 Å². The molecule has 2 rings (SSSR count). The summed E-state index contributed by atoms with van der Waals surface area (Å²) in [5.41, 5.74) is 1.37. The van der Waals surface area contributed by atoms with Crippen LogP contribution in [0.1, 0.15) is 10.5 Å². The molecule has 2 N–H and O–H groups in total. The van der Waals surface area contributed by atoms with E-state index < -0.39 is 5.97 Å². The number of hydrogen-bond donors (Lipinski definition) is 2. The Hall–Kier alpha value is -1.91. The van der Waals surface area contributed by atoms with Gasteiger partial charge >= 0.3 is 5.97 Å². The lowest BCUT2D eigenvalue weighted by molar-refractivity contribution is 0.0690. The number of aromatic carboxylic acids is 1. The van der Waals surface area contributed by atoms with Crippen molar-refractivity contribution in [2.24, 2.45) is 0 Å². The molecule has 0 aromatic carbocycles. The zero-order valence-corrected chi connectivity index (χ0v) is 5.98. The van der Waals surface area contributed by atoms with Crippen LogP contribution in [0.4, 0.5) is 0 Å². The Balaban J connectivity index is 2.68. The number of nitrogens with zero attached hydrogens (tertiary/aromatic N) is 2. The van der Waals surface area contributed by atoms with Crippen molar-refractivity contribution in [2.45, 2.75) is 0 Å². The number of carboxylic acids is 1. The van der Waals surface area contributed by atoms with E-state index in [1.54, 1.807) is 0 Å². The van der Waals surface area contributed by atoms with Crippen LogP contribution in [0.15, 0.2) is 18.6 Å². The summed E-state index contributed by atoms with van der Waals surface area (Å²) in [6, 6.07) is 1.45. The highest BCUT2D eigenvalue weighted by molar-refractivity contribution is 5.89. The molecule has 0 aliphatic heterocycles. The fourth-order valence-corrected chi connectivity index (χ4v) is 0.955. The van der Waals surface area contributed by atoms with Gasteiger partial charge in [0.25, 0.3) is 0 Å². The number of aromatic nitrogens is 3. The van der Waals surface area contributed by atoms with Gasteiger partial charge in [-0.2, -0.15) is 0 Å². The van der Waals surface area contributed by atoms with Gasteiger partial charge in [-0.3, -0.25) is 0 Å². The van der Waals surface area contributed by atoms with Gasteiger partial charge in [-0.15, -0.1) is 0 Å². The molecule has 0 unspecified atom stereocenters. The average molecular weight is 163 g/mol. The Bertz CT molecular complexity index is 435. The number of aromatic amines is 1. The first-order valence-corrected chi connectivity index (χ1v) is 3.30. The zero-order chi connectivity index (χ0) is 8.55. The summed E-state index contributed by atoms with van der Waals surface area (Å²) in [7, 11) is 0. The van der Waals surface area contributed by atoms with Crippen LogP contribution in [0.3, 0.4) is 0 Å². The standard InChI is InChI=1S/C7H5N3O2/c11-7(12)5-1-4-6(2-8-5)10-3-9-4/h1-3H,(H,9,10)(H,11,12). The van der Waals surface area contributed by atoms with E-state index in [1.165, 1.54) is 18.6 Å². The number of carboxylic acid groups (broad SMARTS) is 1. The predicted octanol–water partition coefficient (Wildman–Crippen LogP) is 0.656. The third kappa shape index (κ3) is 0.914. The van der Waals surface area contributed by atoms with E-state index in [0.29, 0.717) is 11.0 Å². The normalized spacial score (nSPS) is 10.3. The lowest BCUT2D eigenvalue weighted by atomic mass is 10.3. The maximum atomic E-state index is 10.5. The molecule has 2 aromatic heterocycles. The molecule has 2 aromatic rings. The Morgan fingerprint density at radius 3 is 3.08 bits per heavy atom. The second-order valence-corrected chi connectivity index (χ2v) is 2.29. The SMILES string of the molecule is O=C(O)c1cc2[nH]cnc2cn1. The number of rotatable bonds is 1. The van der Waals surface area contributed by atoms with Crippen molar-refractivity contribution in [3.8, 4) is 0 Å². The molecule has 5 nitrogen and oxygen atoms in total. The minimum atomic E-state index is -1.04. The molecule has 0 saturated heterocycles. The molecule has 60 valence electrons. The van der Waals surface area contributed by atoms with Gasteiger partial charge in [0.05, 0.1) is 18.0 Å². The Kier molecular flexibility index (Phi) is 1.30. The molecule has 12 heavy (non-hydrogen) atoms. The third-order valence-electron chi connectivity index (χ3n) is 1.53. The van der Waals surface area contributed by atoms with Gasteiger partial charge in [-0.1, -0.05) is 0 Å². The zero-order valence-electron chi connectivity index (χ0n) is 5.98. The van der Waals surface area contributed by atoms with Crippen molar-refractivity contribution in [3.63, 3.8) is 0 Å². The van der Waals surface area contributed by atoms with E-state index >= 15 is 0 Å². The lowest BCUT2D eigenvalue weighted by Crippen LogP contribution is -1.98. The molecule has 5 heteroatoms. The van der Waals surface area contributed by atoms with Gasteiger partial charge in [0, 0.05) is 0 Å². The minimum Gasteiger partial charge on any atom is -0.477 e. The second-order valence-electron chi connectivity index (χ2n) is 2.29. The minimum absolute atomic E-state index is 0.0201. The highest BCUT2D eigenvalue weighted by Crippen LogP contribution is 2.07. The molecule has 0 fully saturated rings. The van der Waals surface area contributed by atoms with Crippen molar-refractivity contribution < 1.29 is 9.90 Å². The number of H-pyrrole nitrogens is 1. The van der Waals surface area contributed by atoms with Crippen molar-refractivity contribution in [2.75, 3.05) is 0 Å². The highest BCUT2D eigenvalue weighted by Gasteiger charge is 2.05. The quantitative estimate of drug-likeness (QED) is 0.647. The molecular weight excluding hydrogens is 158 g/mol. The molecule has 0 saturated carbocycles. The molecule has 0 spiro atoms. The highest BCUT2D eigenvalue weighted by atomic mass is 16.4. The summed E-state index contributed by atoms with van der Waals surface area (Å²) in [5.74, 6) is -1.04. The Morgan fingerprint density at radius 2 is 2.33 bits per heavy atom. The topological polar surface area (TPSA) is 78.9 Å². The first kappa shape index (κ1) is 6.78. The molecule has 2 heterocycles. The first-order valence-electron chi connectivity index (χ1n) is 3.30. The largest absolute Gasteiger partial charge is 0.477 e. The van der Waals surface area contributed by atoms with Crippen LogP contribution in [-0.2, 0) is 0 Å². The Labute approximate surface area is 67.1 Å². The monoisotopic (exact) mass is 163 g/mol. The van der Waals surface area contributed by atoms with Crippen LogP contribution in [0.2, 0.25) is 0 Å². The van der Waals surface area contributed by atoms with Gasteiger partial charge in [-0.25, -0.2) is 14.8 Å². The molecule has 0 radical (unpaired) electrons. The van der Waals surface area contributed by atoms with Gasteiger partial charge in [-0.05, 0) is 6.07 Å². The summed E-state index contributed by atoms with van der Waals surface area (Å²) in [4.78, 5) is 20.9. The van der Waals surface area contributed by atoms with E-state index in [4.69, 9.17) is 5.11 Å². The predicted molar refractivity (Wildman–Crippen MR) is 40.8 cm³/mol. The van der Waals surface area contributed by atoms with E-state index in [9.17, 15) is 4.79 Å². The van der Waals surface area contributed by atoms with E-state index in [1.807, 2.05) is 0 Å². The van der Waals surface area contributed by atoms with Crippen molar-refractivity contribution >= 4 is 17.0 Å². The van der Waals surface area contributed by atoms with Crippen LogP contribution in [0.5, 0.6) is 0 Å². The smallest absolute Gasteiger partial charge is 0.354 e. The van der Waals surface area contributed by atoms with Gasteiger partial charge in [0.2, 0.25) is 0 Å². The number of carbonyl (C=O) groups is 1. The van der Waals surface area contributed by atoms with Gasteiger partial charge in [0.15, 0.2) is 0 Å². The number of pyridine rings is 1. The lowest BCUT2D eigenvalue weighted by Gasteiger charge is -1.91. The van der Waals surface area contributed by atoms with Crippen molar-refractivity contribution in [3.05, 3.63) is 24.3 Å².